The van der Waals surface area contributed by atoms with E-state index in [0.717, 1.165) is 83.1 Å². The van der Waals surface area contributed by atoms with Gasteiger partial charge in [-0.1, -0.05) is 38.1 Å². The van der Waals surface area contributed by atoms with Gasteiger partial charge in [0.15, 0.2) is 5.75 Å². The van der Waals surface area contributed by atoms with Crippen LogP contribution < -0.4 is 29.5 Å². The Morgan fingerprint density at radius 3 is 2.48 bits per heavy atom. The number of ether oxygens (including phenoxy) is 2. The molecule has 1 spiro atoms. The topological polar surface area (TPSA) is 196 Å². The number of aliphatic hydroxyl groups excluding tert-OH is 1. The number of carbonyl (C=O) groups is 1. The quantitative estimate of drug-likeness (QED) is 0.0795. The Hall–Kier alpha value is -5.37. The number of fused-ring (bicyclic) bond motifs is 1. The number of hydrogen-bond donors (Lipinski definition) is 4. The van der Waals surface area contributed by atoms with Crippen LogP contribution in [0.3, 0.4) is 0 Å². The SMILES string of the molecule is COc1nc2c(cc1Oc1cc(N3CCC4(CC3)CC(N3CCN(CCO)C[C@H]3c3ccccc3C(C)C)C4)ccc1C(=O)NS(=O)(=O)c1cnc(NCC3CCC(C)(O)CC3)c(N(C)[O-])c1)C(F)=CC2. The molecule has 3 aliphatic carbocycles. The molecule has 4 fully saturated rings. The number of piperidine rings is 1. The summed E-state index contributed by atoms with van der Waals surface area (Å²) in [6.07, 6.45) is 9.83. The van der Waals surface area contributed by atoms with Gasteiger partial charge in [0.25, 0.3) is 21.8 Å². The van der Waals surface area contributed by atoms with Crippen molar-refractivity contribution in [3.8, 4) is 17.4 Å². The molecule has 9 rings (SSSR count). The number of anilines is 3. The van der Waals surface area contributed by atoms with E-state index < -0.39 is 32.3 Å². The van der Waals surface area contributed by atoms with Gasteiger partial charge in [0.05, 0.1) is 36.3 Å². The van der Waals surface area contributed by atoms with E-state index >= 15 is 0 Å². The van der Waals surface area contributed by atoms with Crippen LogP contribution in [0.15, 0.2) is 71.8 Å². The van der Waals surface area contributed by atoms with Crippen molar-refractivity contribution in [3.63, 3.8) is 0 Å². The third-order valence-electron chi connectivity index (χ3n) is 15.7. The molecule has 18 heteroatoms. The number of methoxy groups -OCH3 is 1. The predicted octanol–water partition coefficient (Wildman–Crippen LogP) is 7.77. The molecule has 4 N–H and O–H groups in total. The molecule has 1 atom stereocenters. The highest BCUT2D eigenvalue weighted by molar-refractivity contribution is 7.90. The van der Waals surface area contributed by atoms with Crippen LogP contribution in [0.2, 0.25) is 0 Å². The molecule has 2 aliphatic heterocycles. The number of nitrogens with one attached hydrogen (secondary N) is 2. The summed E-state index contributed by atoms with van der Waals surface area (Å²) in [5, 5.41) is 36.6. The summed E-state index contributed by atoms with van der Waals surface area (Å²) >= 11 is 0. The molecule has 0 unspecified atom stereocenters. The van der Waals surface area contributed by atoms with Crippen LogP contribution in [0, 0.1) is 16.5 Å². The van der Waals surface area contributed by atoms with E-state index in [1.807, 2.05) is 6.92 Å². The van der Waals surface area contributed by atoms with Gasteiger partial charge >= 0.3 is 0 Å². The lowest BCUT2D eigenvalue weighted by atomic mass is 9.59. The lowest BCUT2D eigenvalue weighted by Crippen LogP contribution is -2.60. The molecule has 0 bridgehead atoms. The molecule has 2 saturated carbocycles. The number of nitrogens with zero attached hydrogens (tertiary/aromatic N) is 6. The second-order valence-corrected chi connectivity index (χ2v) is 22.6. The Labute approximate surface area is 416 Å². The average Bonchev–Trinajstić information content (AvgIpc) is 3.70. The maximum absolute atomic E-state index is 14.9. The normalized spacial score (nSPS) is 22.7. The molecule has 2 aromatic carbocycles. The zero-order valence-corrected chi connectivity index (χ0v) is 42.3. The van der Waals surface area contributed by atoms with Crippen LogP contribution in [-0.2, 0) is 16.4 Å². The van der Waals surface area contributed by atoms with E-state index in [-0.39, 0.29) is 70.4 Å². The van der Waals surface area contributed by atoms with Crippen LogP contribution in [0.1, 0.15) is 117 Å². The van der Waals surface area contributed by atoms with E-state index in [1.165, 1.54) is 49.6 Å². The van der Waals surface area contributed by atoms with E-state index in [2.05, 4.69) is 72.8 Å². The maximum Gasteiger partial charge on any atom is 0.268 e. The highest BCUT2D eigenvalue weighted by Crippen LogP contribution is 2.53. The maximum atomic E-state index is 14.9. The number of allylic oxidation sites excluding steroid dienone is 1. The number of hydroxylamine groups is 1. The molecule has 5 aliphatic rings. The van der Waals surface area contributed by atoms with Crippen LogP contribution in [0.5, 0.6) is 17.4 Å². The van der Waals surface area contributed by atoms with Gasteiger partial charge in [-0.3, -0.25) is 14.6 Å². The van der Waals surface area contributed by atoms with Crippen molar-refractivity contribution in [1.29, 1.82) is 0 Å². The van der Waals surface area contributed by atoms with Gasteiger partial charge in [0.2, 0.25) is 0 Å². The van der Waals surface area contributed by atoms with Crippen LogP contribution >= 0.6 is 0 Å². The van der Waals surface area contributed by atoms with Gasteiger partial charge in [-0.05, 0) is 124 Å². The molecule has 0 radical (unpaired) electrons. The largest absolute Gasteiger partial charge is 0.758 e. The van der Waals surface area contributed by atoms with Crippen LogP contribution in [0.25, 0.3) is 5.83 Å². The summed E-state index contributed by atoms with van der Waals surface area (Å²) in [5.41, 5.74) is 3.60. The summed E-state index contributed by atoms with van der Waals surface area (Å²) in [4.78, 5) is 29.9. The minimum absolute atomic E-state index is 0.0107. The number of carbonyl (C=O) groups excluding carboxylic acids is 1. The Morgan fingerprint density at radius 1 is 1.03 bits per heavy atom. The summed E-state index contributed by atoms with van der Waals surface area (Å²) in [7, 11) is -1.94. The number of β-amino-alcohol motifs (C(OH)–C–C–N with tert-alkyl or cyclic N) is 1. The van der Waals surface area contributed by atoms with Crippen molar-refractivity contribution in [2.24, 2.45) is 11.3 Å². The van der Waals surface area contributed by atoms with Crippen LogP contribution in [-0.4, -0.2) is 123 Å². The Bertz CT molecular complexity index is 2730. The van der Waals surface area contributed by atoms with Gasteiger partial charge in [-0.25, -0.2) is 27.5 Å². The van der Waals surface area contributed by atoms with Crippen molar-refractivity contribution in [2.45, 2.75) is 107 Å². The van der Waals surface area contributed by atoms with E-state index in [9.17, 15) is 33.0 Å². The molecule has 16 nitrogen and oxygen atoms in total. The number of rotatable bonds is 16. The van der Waals surface area contributed by atoms with E-state index in [1.54, 1.807) is 12.1 Å². The first kappa shape index (κ1) is 50.6. The molecule has 4 heterocycles. The monoisotopic (exact) mass is 995 g/mol. The molecule has 71 heavy (non-hydrogen) atoms. The van der Waals surface area contributed by atoms with Crippen molar-refractivity contribution in [1.82, 2.24) is 24.5 Å². The number of piperazine rings is 1. The second-order valence-electron chi connectivity index (χ2n) is 20.9. The van der Waals surface area contributed by atoms with Gasteiger partial charge in [-0.2, -0.15) is 0 Å². The zero-order chi connectivity index (χ0) is 50.2. The molecule has 2 saturated heterocycles. The number of pyridine rings is 2. The first-order valence-electron chi connectivity index (χ1n) is 25.1. The van der Waals surface area contributed by atoms with Gasteiger partial charge in [0.1, 0.15) is 22.3 Å². The molecular formula is C53H68FN8O8S-. The number of aromatic nitrogens is 2. The highest BCUT2D eigenvalue weighted by Gasteiger charge is 2.50. The third-order valence-corrected chi connectivity index (χ3v) is 17.0. The van der Waals surface area contributed by atoms with E-state index in [4.69, 9.17) is 9.47 Å². The Kier molecular flexibility index (Phi) is 14.7. The zero-order valence-electron chi connectivity index (χ0n) is 41.5. The fourth-order valence-corrected chi connectivity index (χ4v) is 12.4. The number of hydrogen-bond acceptors (Lipinski definition) is 15. The standard InChI is InChI=1S/C53H68FN8O8S/c1-34(2)39-8-6-7-9-40(39)46-33-60(24-25-63)22-23-62(46)37-29-53(30-37)18-20-61(21-19-53)36-10-11-41(47(26-36)70-48-28-42-43(54)12-13-44(42)57-51(48)69-5)50(64)58-71(67,68)38-27-45(59(4)66)49(56-32-38)55-31-35-14-16-52(3,65)17-15-35/h6-12,26-28,32,34-35,37,46,63,65H,13-25,29-31,33H2,1-5H3,(H,55,56)(H,58,64)/q-1/t35?,46-,52?/m0/s1. The van der Waals surface area contributed by atoms with Crippen molar-refractivity contribution in [3.05, 3.63) is 100 Å². The summed E-state index contributed by atoms with van der Waals surface area (Å²) in [5.74, 6) is -0.490. The molecule has 382 valence electrons. The molecular weight excluding hydrogens is 928 g/mol. The lowest BCUT2D eigenvalue weighted by molar-refractivity contribution is -0.0629. The number of sulfonamides is 1. The minimum atomic E-state index is -4.59. The first-order chi connectivity index (χ1) is 33.9. The molecule has 1 amide bonds. The number of halogens is 1. The fraction of sp³-hybridized carbons (Fsp3) is 0.528. The smallest absolute Gasteiger partial charge is 0.268 e. The van der Waals surface area contributed by atoms with Gasteiger partial charge < -0.3 is 40.2 Å². The molecule has 4 aromatic rings. The predicted molar refractivity (Wildman–Crippen MR) is 272 cm³/mol. The van der Waals surface area contributed by atoms with E-state index in [0.29, 0.717) is 48.6 Å². The highest BCUT2D eigenvalue weighted by atomic mass is 32.2. The Morgan fingerprint density at radius 2 is 1.77 bits per heavy atom. The first-order valence-corrected chi connectivity index (χ1v) is 26.6. The van der Waals surface area contributed by atoms with Crippen molar-refractivity contribution >= 4 is 38.9 Å². The number of aliphatic hydroxyl groups is 2. The average molecular weight is 996 g/mol. The Balaban J connectivity index is 0.925. The second kappa shape index (κ2) is 20.6. The summed E-state index contributed by atoms with van der Waals surface area (Å²) < 4.78 is 56.9. The summed E-state index contributed by atoms with van der Waals surface area (Å²) in [6.45, 7) is 11.9. The summed E-state index contributed by atoms with van der Waals surface area (Å²) in [6, 6.07) is 17.2. The van der Waals surface area contributed by atoms with Crippen LogP contribution in [0.4, 0.5) is 21.6 Å². The number of benzene rings is 2. The fourth-order valence-electron chi connectivity index (χ4n) is 11.5. The van der Waals surface area contributed by atoms with Crippen molar-refractivity contribution in [2.75, 3.05) is 81.9 Å². The minimum Gasteiger partial charge on any atom is -0.758 e. The van der Waals surface area contributed by atoms with Crippen molar-refractivity contribution < 1.29 is 37.3 Å². The molecule has 2 aromatic heterocycles. The number of amides is 1. The lowest BCUT2D eigenvalue weighted by Gasteiger charge is -2.58. The van der Waals surface area contributed by atoms with Gasteiger partial charge in [-0.15, -0.1) is 0 Å². The van der Waals surface area contributed by atoms with Gasteiger partial charge in [0, 0.05) is 87.8 Å². The third kappa shape index (κ3) is 10.9.